The quantitative estimate of drug-likeness (QED) is 0.681. The van der Waals surface area contributed by atoms with Gasteiger partial charge < -0.3 is 15.7 Å². The SMILES string of the molecule is Cc1n[nH]c(C)c1-c1cccc(C(=O)NCC2(O)CCNC2)c1. The second-order valence-corrected chi connectivity index (χ2v) is 6.22. The van der Waals surface area contributed by atoms with Gasteiger partial charge in [0.15, 0.2) is 0 Å². The Bertz CT molecular complexity index is 698. The summed E-state index contributed by atoms with van der Waals surface area (Å²) in [5.74, 6) is -0.175. The van der Waals surface area contributed by atoms with E-state index in [0.717, 1.165) is 29.1 Å². The molecule has 2 aromatic rings. The van der Waals surface area contributed by atoms with Crippen LogP contribution in [0.15, 0.2) is 24.3 Å². The Labute approximate surface area is 135 Å². The minimum atomic E-state index is -0.842. The third-order valence-electron chi connectivity index (χ3n) is 4.34. The Hall–Kier alpha value is -2.18. The second-order valence-electron chi connectivity index (χ2n) is 6.22. The van der Waals surface area contributed by atoms with Gasteiger partial charge in [0.1, 0.15) is 0 Å². The van der Waals surface area contributed by atoms with Crippen molar-refractivity contribution >= 4 is 5.91 Å². The number of aromatic nitrogens is 2. The molecule has 1 aliphatic rings. The number of H-pyrrole nitrogens is 1. The lowest BCUT2D eigenvalue weighted by Gasteiger charge is -2.21. The Morgan fingerprint density at radius 1 is 1.43 bits per heavy atom. The minimum Gasteiger partial charge on any atom is -0.387 e. The molecule has 0 spiro atoms. The average Bonchev–Trinajstić information content (AvgIpc) is 3.12. The number of hydrogen-bond donors (Lipinski definition) is 4. The van der Waals surface area contributed by atoms with Gasteiger partial charge in [-0.2, -0.15) is 5.10 Å². The largest absolute Gasteiger partial charge is 0.387 e. The molecule has 23 heavy (non-hydrogen) atoms. The fourth-order valence-electron chi connectivity index (χ4n) is 3.02. The zero-order valence-electron chi connectivity index (χ0n) is 13.4. The van der Waals surface area contributed by atoms with Crippen LogP contribution >= 0.6 is 0 Å². The molecule has 1 aliphatic heterocycles. The molecule has 1 unspecified atom stereocenters. The summed E-state index contributed by atoms with van der Waals surface area (Å²) < 4.78 is 0. The third-order valence-corrected chi connectivity index (χ3v) is 4.34. The average molecular weight is 314 g/mol. The first kappa shape index (κ1) is 15.7. The molecule has 122 valence electrons. The van der Waals surface area contributed by atoms with Crippen molar-refractivity contribution in [2.24, 2.45) is 0 Å². The highest BCUT2D eigenvalue weighted by atomic mass is 16.3. The van der Waals surface area contributed by atoms with Crippen LogP contribution in [0.25, 0.3) is 11.1 Å². The van der Waals surface area contributed by atoms with Crippen molar-refractivity contribution in [1.29, 1.82) is 0 Å². The first-order chi connectivity index (χ1) is 11.0. The van der Waals surface area contributed by atoms with E-state index in [0.29, 0.717) is 18.5 Å². The van der Waals surface area contributed by atoms with Crippen LogP contribution in [0.2, 0.25) is 0 Å². The fraction of sp³-hybridized carbons (Fsp3) is 0.412. The van der Waals surface area contributed by atoms with Crippen molar-refractivity contribution < 1.29 is 9.90 Å². The molecule has 1 amide bonds. The number of hydrogen-bond acceptors (Lipinski definition) is 4. The van der Waals surface area contributed by atoms with Gasteiger partial charge in [-0.3, -0.25) is 9.89 Å². The van der Waals surface area contributed by atoms with Crippen LogP contribution in [0, 0.1) is 13.8 Å². The van der Waals surface area contributed by atoms with Gasteiger partial charge in [0, 0.05) is 29.9 Å². The van der Waals surface area contributed by atoms with E-state index in [1.807, 2.05) is 32.0 Å². The van der Waals surface area contributed by atoms with E-state index in [2.05, 4.69) is 20.8 Å². The van der Waals surface area contributed by atoms with E-state index in [9.17, 15) is 9.90 Å². The van der Waals surface area contributed by atoms with Crippen LogP contribution in [0.3, 0.4) is 0 Å². The lowest BCUT2D eigenvalue weighted by molar-refractivity contribution is 0.0562. The summed E-state index contributed by atoms with van der Waals surface area (Å²) in [6.45, 7) is 5.45. The second kappa shape index (κ2) is 6.14. The predicted octanol–water partition coefficient (Wildman–Crippen LogP) is 1.15. The number of nitrogens with one attached hydrogen (secondary N) is 3. The summed E-state index contributed by atoms with van der Waals surface area (Å²) in [5.41, 5.74) is 3.61. The molecule has 6 heteroatoms. The monoisotopic (exact) mass is 314 g/mol. The van der Waals surface area contributed by atoms with Gasteiger partial charge in [-0.05, 0) is 44.5 Å². The summed E-state index contributed by atoms with van der Waals surface area (Å²) in [4.78, 5) is 12.4. The molecule has 0 saturated carbocycles. The summed E-state index contributed by atoms with van der Waals surface area (Å²) in [6, 6.07) is 7.47. The van der Waals surface area contributed by atoms with Gasteiger partial charge in [-0.15, -0.1) is 0 Å². The van der Waals surface area contributed by atoms with Crippen LogP contribution in [-0.4, -0.2) is 46.4 Å². The number of aliphatic hydroxyl groups is 1. The number of amides is 1. The number of aryl methyl sites for hydroxylation is 2. The van der Waals surface area contributed by atoms with E-state index < -0.39 is 5.60 Å². The Kier molecular flexibility index (Phi) is 4.19. The molecule has 4 N–H and O–H groups in total. The van der Waals surface area contributed by atoms with Gasteiger partial charge in [0.2, 0.25) is 0 Å². The Morgan fingerprint density at radius 2 is 2.26 bits per heavy atom. The van der Waals surface area contributed by atoms with Gasteiger partial charge in [0.25, 0.3) is 5.91 Å². The maximum atomic E-state index is 12.4. The first-order valence-electron chi connectivity index (χ1n) is 7.82. The van der Waals surface area contributed by atoms with Crippen molar-refractivity contribution in [1.82, 2.24) is 20.8 Å². The Balaban J connectivity index is 1.76. The van der Waals surface area contributed by atoms with Crippen molar-refractivity contribution in [2.45, 2.75) is 25.9 Å². The molecule has 0 bridgehead atoms. The zero-order chi connectivity index (χ0) is 16.4. The van der Waals surface area contributed by atoms with Gasteiger partial charge in [0.05, 0.1) is 11.3 Å². The van der Waals surface area contributed by atoms with E-state index in [1.165, 1.54) is 0 Å². The summed E-state index contributed by atoms with van der Waals surface area (Å²) >= 11 is 0. The number of benzene rings is 1. The lowest BCUT2D eigenvalue weighted by atomic mass is 10.0. The topological polar surface area (TPSA) is 90.0 Å². The summed E-state index contributed by atoms with van der Waals surface area (Å²) in [6.07, 6.45) is 0.654. The highest BCUT2D eigenvalue weighted by Gasteiger charge is 2.31. The molecule has 1 atom stereocenters. The molecule has 1 saturated heterocycles. The normalized spacial score (nSPS) is 20.7. The van der Waals surface area contributed by atoms with Gasteiger partial charge >= 0.3 is 0 Å². The van der Waals surface area contributed by atoms with Crippen LogP contribution < -0.4 is 10.6 Å². The van der Waals surface area contributed by atoms with Crippen molar-refractivity contribution in [3.05, 3.63) is 41.2 Å². The molecular weight excluding hydrogens is 292 g/mol. The molecule has 3 rings (SSSR count). The maximum absolute atomic E-state index is 12.4. The van der Waals surface area contributed by atoms with E-state index >= 15 is 0 Å². The molecule has 2 heterocycles. The minimum absolute atomic E-state index is 0.175. The number of carbonyl (C=O) groups excluding carboxylic acids is 1. The van der Waals surface area contributed by atoms with Crippen LogP contribution in [0.1, 0.15) is 28.2 Å². The van der Waals surface area contributed by atoms with E-state index in [4.69, 9.17) is 0 Å². The highest BCUT2D eigenvalue weighted by Crippen LogP contribution is 2.26. The smallest absolute Gasteiger partial charge is 0.251 e. The molecule has 6 nitrogen and oxygen atoms in total. The fourth-order valence-corrected chi connectivity index (χ4v) is 3.02. The molecule has 1 aromatic carbocycles. The predicted molar refractivity (Wildman–Crippen MR) is 88.3 cm³/mol. The number of nitrogens with zero attached hydrogens (tertiary/aromatic N) is 1. The highest BCUT2D eigenvalue weighted by molar-refractivity contribution is 5.95. The van der Waals surface area contributed by atoms with Crippen molar-refractivity contribution in [2.75, 3.05) is 19.6 Å². The number of carbonyl (C=O) groups is 1. The van der Waals surface area contributed by atoms with Crippen molar-refractivity contribution in [3.8, 4) is 11.1 Å². The number of aromatic amines is 1. The maximum Gasteiger partial charge on any atom is 0.251 e. The van der Waals surface area contributed by atoms with Crippen LogP contribution in [0.4, 0.5) is 0 Å². The number of rotatable bonds is 4. The van der Waals surface area contributed by atoms with Crippen molar-refractivity contribution in [3.63, 3.8) is 0 Å². The Morgan fingerprint density at radius 3 is 2.91 bits per heavy atom. The van der Waals surface area contributed by atoms with E-state index in [1.54, 1.807) is 6.07 Å². The molecule has 0 radical (unpaired) electrons. The zero-order valence-corrected chi connectivity index (χ0v) is 13.4. The first-order valence-corrected chi connectivity index (χ1v) is 7.82. The molecule has 1 fully saturated rings. The van der Waals surface area contributed by atoms with Gasteiger partial charge in [-0.25, -0.2) is 0 Å². The number of β-amino-alcohol motifs (C(OH)–C–C–N with tert-alkyl or cyclic N) is 1. The van der Waals surface area contributed by atoms with Crippen LogP contribution in [-0.2, 0) is 0 Å². The van der Waals surface area contributed by atoms with Crippen LogP contribution in [0.5, 0.6) is 0 Å². The molecular formula is C17H22N4O2. The third kappa shape index (κ3) is 3.28. The summed E-state index contributed by atoms with van der Waals surface area (Å²) in [7, 11) is 0. The summed E-state index contributed by atoms with van der Waals surface area (Å²) in [5, 5.41) is 23.4. The van der Waals surface area contributed by atoms with Gasteiger partial charge in [-0.1, -0.05) is 12.1 Å². The molecule has 1 aromatic heterocycles. The van der Waals surface area contributed by atoms with E-state index in [-0.39, 0.29) is 12.5 Å². The standard InChI is InChI=1S/C17H22N4O2/c1-11-15(12(2)21-20-11)13-4-3-5-14(8-13)16(22)19-10-17(23)6-7-18-9-17/h3-5,8,18,23H,6-7,9-10H2,1-2H3,(H,19,22)(H,20,21). The lowest BCUT2D eigenvalue weighted by Crippen LogP contribution is -2.44. The molecule has 0 aliphatic carbocycles.